The number of nitrogen functional groups attached to an aromatic ring is 1. The summed E-state index contributed by atoms with van der Waals surface area (Å²) >= 11 is 0. The Balaban J connectivity index is 0.00000272. The molecule has 10 heteroatoms. The summed E-state index contributed by atoms with van der Waals surface area (Å²) in [6, 6.07) is 8.80. The number of benzene rings is 1. The lowest BCUT2D eigenvalue weighted by atomic mass is 10.1. The number of aryl methyl sites for hydroxylation is 1. The molecule has 164 valence electrons. The first-order valence-corrected chi connectivity index (χ1v) is 9.84. The normalized spacial score (nSPS) is 17.4. The number of fused-ring (bicyclic) bond motifs is 1. The fraction of sp³-hybridized carbons (Fsp3) is 0.333. The molecule has 2 atom stereocenters. The second-order valence-corrected chi connectivity index (χ2v) is 7.75. The third-order valence-electron chi connectivity index (χ3n) is 5.62. The van der Waals surface area contributed by atoms with Gasteiger partial charge in [0.2, 0.25) is 11.4 Å². The number of nitrogens with two attached hydrogens (primary N) is 2. The maximum absolute atomic E-state index is 12.6. The molecule has 1 amide bonds. The maximum Gasteiger partial charge on any atom is 0.256 e. The average molecular weight is 444 g/mol. The molecule has 5 N–H and O–H groups in total. The summed E-state index contributed by atoms with van der Waals surface area (Å²) in [7, 11) is 4.21. The molecule has 2 heterocycles. The Morgan fingerprint density at radius 3 is 2.52 bits per heavy atom. The molecule has 9 nitrogen and oxygen atoms in total. The first-order valence-electron chi connectivity index (χ1n) is 9.84. The minimum Gasteiger partial charge on any atom is -0.384 e. The molecule has 1 aliphatic rings. The predicted octanol–water partition coefficient (Wildman–Crippen LogP) is 2.08. The monoisotopic (exact) mass is 443 g/mol. The van der Waals surface area contributed by atoms with Crippen LogP contribution in [0.3, 0.4) is 0 Å². The summed E-state index contributed by atoms with van der Waals surface area (Å²) in [5.41, 5.74) is 13.1. The maximum atomic E-state index is 12.6. The molecule has 31 heavy (non-hydrogen) atoms. The summed E-state index contributed by atoms with van der Waals surface area (Å²) in [6.45, 7) is 2.26. The van der Waals surface area contributed by atoms with E-state index in [1.165, 1.54) is 18.2 Å². The summed E-state index contributed by atoms with van der Waals surface area (Å²) in [5, 5.41) is 3.36. The standard InChI is InChI=1S/C21H25N7O2.ClH/c1-4-28-18(22)16(19(23)30)17(29)14-10-24-21(26-20(14)28)25-12-7-5-11(6-8-12)13-9-15(13)27(2)3;/h5-8,10,13,15H,4,9,22H2,1-3H3,(H2,23,30)(H,24,25,26);1H. The third-order valence-corrected chi connectivity index (χ3v) is 5.62. The number of hydrogen-bond donors (Lipinski definition) is 3. The van der Waals surface area contributed by atoms with Crippen molar-refractivity contribution in [2.45, 2.75) is 31.8 Å². The van der Waals surface area contributed by atoms with Crippen LogP contribution in [0.1, 0.15) is 35.2 Å². The van der Waals surface area contributed by atoms with E-state index in [2.05, 4.69) is 46.4 Å². The van der Waals surface area contributed by atoms with Gasteiger partial charge in [0.1, 0.15) is 11.4 Å². The number of anilines is 3. The Labute approximate surface area is 185 Å². The second kappa shape index (κ2) is 8.52. The lowest BCUT2D eigenvalue weighted by Crippen LogP contribution is -2.28. The number of carbonyl (C=O) groups is 1. The van der Waals surface area contributed by atoms with Crippen LogP contribution in [-0.2, 0) is 6.54 Å². The smallest absolute Gasteiger partial charge is 0.256 e. The van der Waals surface area contributed by atoms with Crippen LogP contribution in [0, 0.1) is 0 Å². The van der Waals surface area contributed by atoms with Gasteiger partial charge >= 0.3 is 0 Å². The molecule has 2 aromatic heterocycles. The zero-order chi connectivity index (χ0) is 21.6. The van der Waals surface area contributed by atoms with E-state index in [0.29, 0.717) is 30.1 Å². The van der Waals surface area contributed by atoms with Gasteiger partial charge in [-0.25, -0.2) is 4.98 Å². The number of carbonyl (C=O) groups excluding carboxylic acids is 1. The fourth-order valence-corrected chi connectivity index (χ4v) is 3.91. The number of hydrogen-bond acceptors (Lipinski definition) is 7. The van der Waals surface area contributed by atoms with E-state index >= 15 is 0 Å². The summed E-state index contributed by atoms with van der Waals surface area (Å²) in [4.78, 5) is 35.2. The number of amides is 1. The lowest BCUT2D eigenvalue weighted by Gasteiger charge is -2.15. The van der Waals surface area contributed by atoms with Crippen molar-refractivity contribution in [1.82, 2.24) is 19.4 Å². The Kier molecular flexibility index (Phi) is 6.19. The quantitative estimate of drug-likeness (QED) is 0.531. The average Bonchev–Trinajstić information content (AvgIpc) is 3.50. The van der Waals surface area contributed by atoms with Crippen LogP contribution in [0.25, 0.3) is 11.0 Å². The number of nitrogens with zero attached hydrogens (tertiary/aromatic N) is 4. The van der Waals surface area contributed by atoms with Gasteiger partial charge in [-0.3, -0.25) is 9.59 Å². The molecular formula is C21H26ClN7O2. The minimum atomic E-state index is -0.865. The van der Waals surface area contributed by atoms with E-state index < -0.39 is 11.3 Å². The Morgan fingerprint density at radius 2 is 1.97 bits per heavy atom. The summed E-state index contributed by atoms with van der Waals surface area (Å²) in [6.07, 6.45) is 2.57. The molecule has 0 radical (unpaired) electrons. The van der Waals surface area contributed by atoms with Crippen molar-refractivity contribution >= 4 is 46.8 Å². The zero-order valence-electron chi connectivity index (χ0n) is 17.6. The van der Waals surface area contributed by atoms with Gasteiger partial charge in [0.15, 0.2) is 5.65 Å². The van der Waals surface area contributed by atoms with E-state index in [0.717, 1.165) is 5.69 Å². The van der Waals surface area contributed by atoms with Crippen LogP contribution >= 0.6 is 12.4 Å². The third kappa shape index (κ3) is 4.06. The Bertz CT molecular complexity index is 1190. The van der Waals surface area contributed by atoms with Crippen molar-refractivity contribution in [3.05, 3.63) is 51.8 Å². The Hall–Kier alpha value is -3.17. The van der Waals surface area contributed by atoms with Crippen LogP contribution in [0.4, 0.5) is 17.5 Å². The molecule has 1 saturated carbocycles. The number of rotatable bonds is 6. The van der Waals surface area contributed by atoms with Gasteiger partial charge in [0, 0.05) is 30.4 Å². The van der Waals surface area contributed by atoms with E-state index in [9.17, 15) is 9.59 Å². The molecule has 0 saturated heterocycles. The van der Waals surface area contributed by atoms with Crippen molar-refractivity contribution in [3.8, 4) is 0 Å². The summed E-state index contributed by atoms with van der Waals surface area (Å²) in [5.74, 6) is 0.0560. The molecule has 4 rings (SSSR count). The van der Waals surface area contributed by atoms with Gasteiger partial charge in [0.25, 0.3) is 5.91 Å². The second-order valence-electron chi connectivity index (χ2n) is 7.75. The largest absolute Gasteiger partial charge is 0.384 e. The van der Waals surface area contributed by atoms with Gasteiger partial charge in [-0.1, -0.05) is 12.1 Å². The minimum absolute atomic E-state index is 0. The van der Waals surface area contributed by atoms with Crippen molar-refractivity contribution in [1.29, 1.82) is 0 Å². The molecule has 2 unspecified atom stereocenters. The molecule has 1 fully saturated rings. The van der Waals surface area contributed by atoms with Crippen molar-refractivity contribution < 1.29 is 4.79 Å². The lowest BCUT2D eigenvalue weighted by molar-refractivity contribution is 0.1000. The highest BCUT2D eigenvalue weighted by atomic mass is 35.5. The zero-order valence-corrected chi connectivity index (χ0v) is 18.4. The fourth-order valence-electron chi connectivity index (χ4n) is 3.91. The topological polar surface area (TPSA) is 132 Å². The van der Waals surface area contributed by atoms with Crippen LogP contribution < -0.4 is 22.2 Å². The van der Waals surface area contributed by atoms with Crippen molar-refractivity contribution in [2.75, 3.05) is 25.1 Å². The van der Waals surface area contributed by atoms with Gasteiger partial charge in [-0.15, -0.1) is 12.4 Å². The number of likely N-dealkylation sites (N-methyl/N-ethyl adjacent to an activating group) is 1. The first kappa shape index (κ1) is 22.5. The van der Waals surface area contributed by atoms with Crippen LogP contribution in [0.15, 0.2) is 35.3 Å². The van der Waals surface area contributed by atoms with Crippen molar-refractivity contribution in [2.24, 2.45) is 5.73 Å². The molecule has 1 aliphatic carbocycles. The number of halogens is 1. The number of primary amides is 1. The number of aromatic nitrogens is 3. The molecule has 0 bridgehead atoms. The SMILES string of the molecule is CCn1c(N)c(C(N)=O)c(=O)c2cnc(Nc3ccc(C4CC4N(C)C)cc3)nc21.Cl. The molecular weight excluding hydrogens is 418 g/mol. The van der Waals surface area contributed by atoms with Crippen molar-refractivity contribution in [3.63, 3.8) is 0 Å². The van der Waals surface area contributed by atoms with Gasteiger partial charge in [0.05, 0.1) is 5.39 Å². The van der Waals surface area contributed by atoms with Crippen LogP contribution in [-0.4, -0.2) is 45.5 Å². The van der Waals surface area contributed by atoms with Gasteiger partial charge < -0.3 is 26.3 Å². The van der Waals surface area contributed by atoms with E-state index in [1.807, 2.05) is 19.1 Å². The first-order chi connectivity index (χ1) is 14.3. The van der Waals surface area contributed by atoms with E-state index in [-0.39, 0.29) is 29.2 Å². The van der Waals surface area contributed by atoms with Gasteiger partial charge in [-0.2, -0.15) is 4.98 Å². The Morgan fingerprint density at radius 1 is 1.29 bits per heavy atom. The predicted molar refractivity (Wildman–Crippen MR) is 124 cm³/mol. The highest BCUT2D eigenvalue weighted by Crippen LogP contribution is 2.43. The van der Waals surface area contributed by atoms with E-state index in [1.54, 1.807) is 4.57 Å². The van der Waals surface area contributed by atoms with Crippen LogP contribution in [0.5, 0.6) is 0 Å². The molecule has 1 aromatic carbocycles. The molecule has 0 aliphatic heterocycles. The summed E-state index contributed by atoms with van der Waals surface area (Å²) < 4.78 is 1.58. The number of pyridine rings is 1. The number of nitrogens with one attached hydrogen (secondary N) is 1. The van der Waals surface area contributed by atoms with Gasteiger partial charge in [-0.05, 0) is 45.1 Å². The highest BCUT2D eigenvalue weighted by molar-refractivity contribution is 6.00. The molecule has 0 spiro atoms. The highest BCUT2D eigenvalue weighted by Gasteiger charge is 2.39. The van der Waals surface area contributed by atoms with Crippen LogP contribution in [0.2, 0.25) is 0 Å². The van der Waals surface area contributed by atoms with E-state index in [4.69, 9.17) is 11.5 Å². The molecule has 3 aromatic rings.